The number of nitrogens with two attached hydrogens (primary N) is 3. The highest BCUT2D eigenvalue weighted by Crippen LogP contribution is 2.37. The molecule has 0 saturated carbocycles. The van der Waals surface area contributed by atoms with Crippen molar-refractivity contribution in [1.82, 2.24) is 79.2 Å². The molecule has 12 rings (SSSR count). The van der Waals surface area contributed by atoms with Crippen molar-refractivity contribution >= 4 is 85.8 Å². The van der Waals surface area contributed by atoms with Crippen LogP contribution in [-0.4, -0.2) is 246 Å². The molecule has 34 nitrogen and oxygen atoms in total. The van der Waals surface area contributed by atoms with E-state index in [9.17, 15) is 45.0 Å². The van der Waals surface area contributed by atoms with Gasteiger partial charge >= 0.3 is 18.1 Å². The number of hydrogen-bond acceptors (Lipinski definition) is 25. The number of rotatable bonds is 28. The number of fused-ring (bicyclic) bond motifs is 3. The third-order valence-electron chi connectivity index (χ3n) is 20.9. The minimum absolute atomic E-state index is 0. The molecule has 0 bridgehead atoms. The number of carbonyl (C=O) groups is 3. The zero-order valence-corrected chi connectivity index (χ0v) is 69.7. The Bertz CT molecular complexity index is 4680. The second-order valence-corrected chi connectivity index (χ2v) is 34.4. The van der Waals surface area contributed by atoms with Gasteiger partial charge in [-0.25, -0.2) is 49.3 Å². The van der Waals surface area contributed by atoms with Gasteiger partial charge in [-0.15, -0.1) is 0 Å². The maximum absolute atomic E-state index is 12.4. The first-order chi connectivity index (χ1) is 55.4. The minimum Gasteiger partial charge on any atom is -0.397 e. The average Bonchev–Trinajstić information content (AvgIpc) is 1.63. The predicted molar refractivity (Wildman–Crippen MR) is 459 cm³/mol. The van der Waals surface area contributed by atoms with Crippen LogP contribution in [0.25, 0.3) is 33.5 Å². The summed E-state index contributed by atoms with van der Waals surface area (Å²) in [6.45, 7) is 31.4. The molecule has 34 heteroatoms. The van der Waals surface area contributed by atoms with Crippen LogP contribution in [0.1, 0.15) is 152 Å². The average molecular weight is 1640 g/mol. The van der Waals surface area contributed by atoms with Crippen molar-refractivity contribution in [3.8, 4) is 0 Å². The monoisotopic (exact) mass is 1630 g/mol. The summed E-state index contributed by atoms with van der Waals surface area (Å²) in [5.41, 5.74) is 27.7. The van der Waals surface area contributed by atoms with Gasteiger partial charge in [-0.3, -0.25) is 13.7 Å². The van der Waals surface area contributed by atoms with E-state index in [-0.39, 0.29) is 53.5 Å². The Labute approximate surface area is 691 Å². The molecule has 3 fully saturated rings. The number of nitrogens with zero attached hydrogens (tertiary/aromatic N) is 13. The third kappa shape index (κ3) is 24.2. The smallest absolute Gasteiger partial charge is 0.319 e. The third-order valence-corrected chi connectivity index (χ3v) is 20.9. The van der Waals surface area contributed by atoms with Gasteiger partial charge in [-0.2, -0.15) is 0 Å². The van der Waals surface area contributed by atoms with Crippen LogP contribution in [0.5, 0.6) is 0 Å². The molecular formula is C84H126N22O12. The highest BCUT2D eigenvalue weighted by atomic mass is 16.6. The Balaban J connectivity index is 0.000000201. The number of anilines is 6. The Morgan fingerprint density at radius 3 is 1.25 bits per heavy atom. The number of imidazole rings is 3. The van der Waals surface area contributed by atoms with Gasteiger partial charge in [0.2, 0.25) is 0 Å². The number of amides is 6. The van der Waals surface area contributed by atoms with E-state index in [0.29, 0.717) is 110 Å². The molecule has 644 valence electrons. The SMILES string of the molecule is C.CC(C)CN(CCCNC(=O)Nc1ccc(C(C)(C)C)cc1)C[C@H]1O[C@@H](n2cnc3c(N)ccnc32)[C@H](O)[C@@H]1O.CC(CNC(=O)Nc1ccc(C(C)(C)C)cc1)CN(C)C[C@H]1O[C@@H](n2cnc3c(N)ncnc32)[C@H](O)[C@@H]1O.CN(CCCCCNC(=O)Nc1ccc(C(C)(C)C)cc1)C[C@H]1O[C@@H](n2cnc3c(N)ccnc32)[C@H](O)[C@@H]1O. The summed E-state index contributed by atoms with van der Waals surface area (Å²) < 4.78 is 23.0. The van der Waals surface area contributed by atoms with E-state index >= 15 is 0 Å². The highest BCUT2D eigenvalue weighted by molar-refractivity contribution is 5.91. The molecule has 6 aromatic heterocycles. The lowest BCUT2D eigenvalue weighted by Gasteiger charge is -2.28. The van der Waals surface area contributed by atoms with Crippen molar-refractivity contribution in [2.45, 2.75) is 206 Å². The zero-order valence-electron chi connectivity index (χ0n) is 69.7. The van der Waals surface area contributed by atoms with E-state index < -0.39 is 73.6 Å². The second kappa shape index (κ2) is 40.8. The summed E-state index contributed by atoms with van der Waals surface area (Å²) in [6, 6.07) is 26.3. The number of hydrogen-bond donors (Lipinski definition) is 15. The Morgan fingerprint density at radius 2 is 0.831 bits per heavy atom. The van der Waals surface area contributed by atoms with E-state index in [1.165, 1.54) is 42.0 Å². The number of aliphatic hydroxyl groups is 6. The number of likely N-dealkylation sites (N-methyl/N-ethyl adjacent to an activating group) is 2. The molecule has 3 aliphatic rings. The van der Waals surface area contributed by atoms with Gasteiger partial charge < -0.3 is 109 Å². The number of carbonyl (C=O) groups excluding carboxylic acids is 3. The molecule has 0 spiro atoms. The summed E-state index contributed by atoms with van der Waals surface area (Å²) in [5.74, 6) is 0.745. The van der Waals surface area contributed by atoms with Crippen molar-refractivity contribution in [1.29, 1.82) is 0 Å². The van der Waals surface area contributed by atoms with Gasteiger partial charge in [0.05, 0.1) is 30.4 Å². The minimum atomic E-state index is -1.16. The second-order valence-electron chi connectivity index (χ2n) is 34.4. The maximum atomic E-state index is 12.4. The van der Waals surface area contributed by atoms with Gasteiger partial charge in [0.25, 0.3) is 0 Å². The Kier molecular flexibility index (Phi) is 31.8. The number of benzene rings is 3. The van der Waals surface area contributed by atoms with E-state index in [1.807, 2.05) is 98.7 Å². The molecule has 0 radical (unpaired) electrons. The lowest BCUT2D eigenvalue weighted by molar-refractivity contribution is -0.0449. The van der Waals surface area contributed by atoms with Crippen molar-refractivity contribution in [3.05, 3.63) is 139 Å². The molecule has 118 heavy (non-hydrogen) atoms. The number of nitrogens with one attached hydrogen (secondary N) is 6. The summed E-state index contributed by atoms with van der Waals surface area (Å²) in [4.78, 5) is 72.8. The zero-order chi connectivity index (χ0) is 84.8. The van der Waals surface area contributed by atoms with E-state index in [0.717, 1.165) is 49.4 Å². The van der Waals surface area contributed by atoms with Crippen LogP contribution in [-0.2, 0) is 30.5 Å². The summed E-state index contributed by atoms with van der Waals surface area (Å²) in [6.07, 6.45) is 1.52. The summed E-state index contributed by atoms with van der Waals surface area (Å²) in [5, 5.41) is 81.6. The molecule has 3 aliphatic heterocycles. The fraction of sp³-hybridized carbons (Fsp3) is 0.548. The first-order valence-corrected chi connectivity index (χ1v) is 40.1. The number of aromatic nitrogens is 10. The standard InChI is InChI=1S/C29H43N7O4.C28H41N7O4.C26H38N8O4.CH4/c1-18(2)15-35(14-6-12-32-28(39)34-20-9-7-19(8-10-20)29(3,4)5)16-22-24(37)25(38)27(40-22)36-17-33-23-21(30)11-13-31-26(23)36;1-28(2,3)18-8-10-19(11-9-18)33-27(38)31-13-6-5-7-15-34(4)16-21-23(36)24(37)26(39-21)35-17-32-22-20(29)12-14-30-25(22)35;1-15(10-28-25(37)32-17-8-6-16(7-9-17)26(2,3)4)11-33(5)12-18-20(35)21(36)24(38-18)34-14-31-19-22(27)29-13-30-23(19)34;/h7-11,13,17-18,22,24-25,27,37-38H,6,12,14-16H2,1-5H3,(H2,30,31)(H2,32,34,39);8-12,14,17,21,23-24,26,36-37H,5-7,13,15-16H2,1-4H3,(H2,29,30)(H2,31,33,38);6-9,13-15,18,20-21,24,35-36H,10-12H2,1-5H3,(H2,27,29,30)(H2,28,32,37);1H4/t22-,24-,25-,27-;21-,23-,24-,26-;15?,18-,20-,21-,24-;/m111./s1. The predicted octanol–water partition coefficient (Wildman–Crippen LogP) is 8.30. The fourth-order valence-corrected chi connectivity index (χ4v) is 14.4. The Hall–Kier alpha value is -9.82. The molecular weight excluding hydrogens is 1510 g/mol. The Morgan fingerprint density at radius 1 is 0.449 bits per heavy atom. The lowest BCUT2D eigenvalue weighted by Crippen LogP contribution is -2.42. The molecule has 3 aromatic carbocycles. The quantitative estimate of drug-likeness (QED) is 0.0205. The van der Waals surface area contributed by atoms with Gasteiger partial charge in [0.15, 0.2) is 41.4 Å². The van der Waals surface area contributed by atoms with Crippen molar-refractivity contribution < 1.29 is 59.2 Å². The first-order valence-electron chi connectivity index (χ1n) is 40.1. The van der Waals surface area contributed by atoms with Crippen molar-refractivity contribution in [2.75, 3.05) is 113 Å². The van der Waals surface area contributed by atoms with Crippen LogP contribution in [0.4, 0.5) is 48.6 Å². The molecule has 9 heterocycles. The number of nitrogen functional groups attached to an aromatic ring is 3. The van der Waals surface area contributed by atoms with Gasteiger partial charge in [-0.1, -0.05) is 133 Å². The molecule has 0 aliphatic carbocycles. The number of pyridine rings is 2. The maximum Gasteiger partial charge on any atom is 0.319 e. The number of unbranched alkanes of at least 4 members (excludes halogenated alkanes) is 2. The molecule has 1 unspecified atom stereocenters. The number of urea groups is 3. The van der Waals surface area contributed by atoms with Crippen LogP contribution < -0.4 is 49.1 Å². The van der Waals surface area contributed by atoms with E-state index in [1.54, 1.807) is 38.2 Å². The summed E-state index contributed by atoms with van der Waals surface area (Å²) >= 11 is 0. The lowest BCUT2D eigenvalue weighted by atomic mass is 9.87. The van der Waals surface area contributed by atoms with Crippen LogP contribution in [0.3, 0.4) is 0 Å². The first kappa shape index (κ1) is 92.1. The molecule has 9 aromatic rings. The van der Waals surface area contributed by atoms with Crippen LogP contribution in [0, 0.1) is 11.8 Å². The van der Waals surface area contributed by atoms with Gasteiger partial charge in [0, 0.05) is 81.8 Å². The number of ether oxygens (including phenoxy) is 3. The van der Waals surface area contributed by atoms with E-state index in [4.69, 9.17) is 31.4 Å². The van der Waals surface area contributed by atoms with Crippen molar-refractivity contribution in [3.63, 3.8) is 0 Å². The van der Waals surface area contributed by atoms with Gasteiger partial charge in [0.1, 0.15) is 77.8 Å². The fourth-order valence-electron chi connectivity index (χ4n) is 14.4. The molecule has 6 amide bonds. The normalized spacial score (nSPS) is 21.7. The van der Waals surface area contributed by atoms with E-state index in [2.05, 4.69) is 153 Å². The van der Waals surface area contributed by atoms with Gasteiger partial charge in [-0.05, 0) is 140 Å². The topological polar surface area (TPSA) is 465 Å². The van der Waals surface area contributed by atoms with Crippen LogP contribution in [0.15, 0.2) is 123 Å². The van der Waals surface area contributed by atoms with Crippen LogP contribution >= 0.6 is 0 Å². The number of aliphatic hydroxyl groups excluding tert-OH is 6. The molecule has 13 atom stereocenters. The largest absolute Gasteiger partial charge is 0.397 e. The van der Waals surface area contributed by atoms with Crippen molar-refractivity contribution in [2.24, 2.45) is 11.8 Å². The molecule has 3 saturated heterocycles. The summed E-state index contributed by atoms with van der Waals surface area (Å²) in [7, 11) is 3.87. The van der Waals surface area contributed by atoms with Crippen LogP contribution in [0.2, 0.25) is 0 Å². The molecule has 18 N–H and O–H groups in total. The highest BCUT2D eigenvalue weighted by Gasteiger charge is 2.47.